The van der Waals surface area contributed by atoms with Gasteiger partial charge in [-0.2, -0.15) is 0 Å². The minimum Gasteiger partial charge on any atom is -0.386 e. The summed E-state index contributed by atoms with van der Waals surface area (Å²) in [7, 11) is 1.68. The number of aryl methyl sites for hydroxylation is 3. The standard InChI is InChI=1S/C17H23N5O3/c1-11-7-14(19-10-18-11)22-6-5-17(24,9-22)8-21(4)16(23)15-12(2)20-25-13(15)3/h7,10,24H,5-6,8-9H2,1-4H3. The number of nitrogens with zero attached hydrogens (tertiary/aromatic N) is 5. The normalized spacial score (nSPS) is 20.1. The van der Waals surface area contributed by atoms with Crippen molar-refractivity contribution in [2.75, 3.05) is 31.6 Å². The van der Waals surface area contributed by atoms with Gasteiger partial charge in [0.15, 0.2) is 0 Å². The molecule has 2 aromatic rings. The third kappa shape index (κ3) is 3.48. The molecular weight excluding hydrogens is 322 g/mol. The number of β-amino-alcohol motifs (C(OH)–C–C–N with tert-alkyl or cyclic N) is 1. The maximum atomic E-state index is 12.7. The van der Waals surface area contributed by atoms with Gasteiger partial charge in [-0.1, -0.05) is 5.16 Å². The van der Waals surface area contributed by atoms with E-state index >= 15 is 0 Å². The summed E-state index contributed by atoms with van der Waals surface area (Å²) in [6.45, 7) is 6.69. The quantitative estimate of drug-likeness (QED) is 0.886. The Balaban J connectivity index is 1.69. The summed E-state index contributed by atoms with van der Waals surface area (Å²) in [4.78, 5) is 24.6. The maximum Gasteiger partial charge on any atom is 0.259 e. The lowest BCUT2D eigenvalue weighted by Gasteiger charge is -2.29. The molecule has 1 fully saturated rings. The van der Waals surface area contributed by atoms with Crippen molar-refractivity contribution in [3.63, 3.8) is 0 Å². The van der Waals surface area contributed by atoms with Crippen molar-refractivity contribution < 1.29 is 14.4 Å². The summed E-state index contributed by atoms with van der Waals surface area (Å²) in [5, 5.41) is 14.8. The average Bonchev–Trinajstić information content (AvgIpc) is 3.10. The summed E-state index contributed by atoms with van der Waals surface area (Å²) in [5.74, 6) is 1.09. The molecule has 0 aromatic carbocycles. The molecule has 0 aliphatic carbocycles. The van der Waals surface area contributed by atoms with Crippen molar-refractivity contribution in [1.29, 1.82) is 0 Å². The molecule has 1 aliphatic rings. The van der Waals surface area contributed by atoms with Crippen LogP contribution in [0.2, 0.25) is 0 Å². The number of rotatable bonds is 4. The number of likely N-dealkylation sites (N-methyl/N-ethyl adjacent to an activating group) is 1. The molecular formula is C17H23N5O3. The number of anilines is 1. The van der Waals surface area contributed by atoms with Crippen LogP contribution in [-0.2, 0) is 0 Å². The summed E-state index contributed by atoms with van der Waals surface area (Å²) < 4.78 is 5.07. The van der Waals surface area contributed by atoms with Crippen LogP contribution in [0.3, 0.4) is 0 Å². The molecule has 1 unspecified atom stereocenters. The number of carbonyl (C=O) groups is 1. The molecule has 134 valence electrons. The Morgan fingerprint density at radius 3 is 2.80 bits per heavy atom. The molecule has 3 rings (SSSR count). The highest BCUT2D eigenvalue weighted by molar-refractivity contribution is 5.96. The van der Waals surface area contributed by atoms with Crippen molar-refractivity contribution in [2.24, 2.45) is 0 Å². The number of aliphatic hydroxyl groups is 1. The summed E-state index contributed by atoms with van der Waals surface area (Å²) in [6.07, 6.45) is 2.09. The monoisotopic (exact) mass is 345 g/mol. The number of amides is 1. The number of hydrogen-bond acceptors (Lipinski definition) is 7. The SMILES string of the molecule is Cc1cc(N2CCC(O)(CN(C)C(=O)c3c(C)noc3C)C2)ncn1. The Labute approximate surface area is 146 Å². The van der Waals surface area contributed by atoms with Gasteiger partial charge >= 0.3 is 0 Å². The Bertz CT molecular complexity index is 771. The van der Waals surface area contributed by atoms with Crippen LogP contribution in [0.1, 0.15) is 33.9 Å². The number of carbonyl (C=O) groups excluding carboxylic acids is 1. The first-order chi connectivity index (χ1) is 11.8. The average molecular weight is 345 g/mol. The van der Waals surface area contributed by atoms with Crippen LogP contribution in [0.25, 0.3) is 0 Å². The first-order valence-electron chi connectivity index (χ1n) is 8.23. The second-order valence-corrected chi connectivity index (χ2v) is 6.77. The van der Waals surface area contributed by atoms with Crippen molar-refractivity contribution in [3.8, 4) is 0 Å². The smallest absolute Gasteiger partial charge is 0.259 e. The van der Waals surface area contributed by atoms with Crippen LogP contribution in [0.4, 0.5) is 5.82 Å². The first kappa shape index (κ1) is 17.3. The van der Waals surface area contributed by atoms with Gasteiger partial charge in [0.2, 0.25) is 0 Å². The number of hydrogen-bond donors (Lipinski definition) is 1. The van der Waals surface area contributed by atoms with E-state index < -0.39 is 5.60 Å². The van der Waals surface area contributed by atoms with E-state index in [1.807, 2.05) is 17.9 Å². The maximum absolute atomic E-state index is 12.7. The third-order valence-corrected chi connectivity index (χ3v) is 4.57. The van der Waals surface area contributed by atoms with Crippen LogP contribution in [0.5, 0.6) is 0 Å². The highest BCUT2D eigenvalue weighted by Gasteiger charge is 2.39. The largest absolute Gasteiger partial charge is 0.386 e. The van der Waals surface area contributed by atoms with E-state index in [-0.39, 0.29) is 12.5 Å². The second kappa shape index (κ2) is 6.44. The van der Waals surface area contributed by atoms with E-state index in [0.29, 0.717) is 36.5 Å². The zero-order valence-electron chi connectivity index (χ0n) is 15.0. The minimum atomic E-state index is -0.984. The Morgan fingerprint density at radius 1 is 1.40 bits per heavy atom. The lowest BCUT2D eigenvalue weighted by Crippen LogP contribution is -2.46. The lowest BCUT2D eigenvalue weighted by molar-refractivity contribution is 0.0263. The molecule has 8 heteroatoms. The molecule has 0 spiro atoms. The van der Waals surface area contributed by atoms with Gasteiger partial charge in [0, 0.05) is 31.9 Å². The molecule has 2 aromatic heterocycles. The van der Waals surface area contributed by atoms with Crippen LogP contribution in [0.15, 0.2) is 16.9 Å². The highest BCUT2D eigenvalue weighted by Crippen LogP contribution is 2.27. The summed E-state index contributed by atoms with van der Waals surface area (Å²) in [6, 6.07) is 1.89. The van der Waals surface area contributed by atoms with Crippen LogP contribution in [0, 0.1) is 20.8 Å². The second-order valence-electron chi connectivity index (χ2n) is 6.77. The van der Waals surface area contributed by atoms with Gasteiger partial charge in [-0.25, -0.2) is 9.97 Å². The van der Waals surface area contributed by atoms with E-state index in [4.69, 9.17) is 4.52 Å². The van der Waals surface area contributed by atoms with Crippen molar-refractivity contribution >= 4 is 11.7 Å². The minimum absolute atomic E-state index is 0.194. The molecule has 1 aliphatic heterocycles. The van der Waals surface area contributed by atoms with Gasteiger partial charge in [-0.15, -0.1) is 0 Å². The van der Waals surface area contributed by atoms with Gasteiger partial charge in [0.05, 0.1) is 12.2 Å². The van der Waals surface area contributed by atoms with Crippen LogP contribution in [-0.4, -0.2) is 63.3 Å². The van der Waals surface area contributed by atoms with Crippen LogP contribution < -0.4 is 4.90 Å². The molecule has 1 amide bonds. The van der Waals surface area contributed by atoms with Crippen molar-refractivity contribution in [2.45, 2.75) is 32.8 Å². The van der Waals surface area contributed by atoms with Crippen LogP contribution >= 0.6 is 0 Å². The molecule has 1 N–H and O–H groups in total. The molecule has 0 saturated carbocycles. The van der Waals surface area contributed by atoms with E-state index in [1.165, 1.54) is 11.2 Å². The molecule has 0 bridgehead atoms. The van der Waals surface area contributed by atoms with Gasteiger partial charge in [0.1, 0.15) is 29.1 Å². The van der Waals surface area contributed by atoms with Crippen molar-refractivity contribution in [3.05, 3.63) is 35.1 Å². The van der Waals surface area contributed by atoms with E-state index in [9.17, 15) is 9.90 Å². The molecule has 1 saturated heterocycles. The fraction of sp³-hybridized carbons (Fsp3) is 0.529. The number of aromatic nitrogens is 3. The zero-order chi connectivity index (χ0) is 18.2. The third-order valence-electron chi connectivity index (χ3n) is 4.57. The molecule has 1 atom stereocenters. The molecule has 25 heavy (non-hydrogen) atoms. The van der Waals surface area contributed by atoms with Gasteiger partial charge in [0.25, 0.3) is 5.91 Å². The Hall–Kier alpha value is -2.48. The fourth-order valence-corrected chi connectivity index (χ4v) is 3.29. The first-order valence-corrected chi connectivity index (χ1v) is 8.23. The lowest BCUT2D eigenvalue weighted by atomic mass is 10.0. The van der Waals surface area contributed by atoms with Gasteiger partial charge in [-0.05, 0) is 27.2 Å². The molecule has 8 nitrogen and oxygen atoms in total. The topological polar surface area (TPSA) is 95.6 Å². The predicted octanol–water partition coefficient (Wildman–Crippen LogP) is 1.10. The summed E-state index contributed by atoms with van der Waals surface area (Å²) >= 11 is 0. The molecule has 3 heterocycles. The Morgan fingerprint density at radius 2 is 2.16 bits per heavy atom. The van der Waals surface area contributed by atoms with E-state index in [2.05, 4.69) is 15.1 Å². The van der Waals surface area contributed by atoms with Gasteiger partial charge < -0.3 is 19.4 Å². The highest BCUT2D eigenvalue weighted by atomic mass is 16.5. The van der Waals surface area contributed by atoms with Crippen molar-refractivity contribution in [1.82, 2.24) is 20.0 Å². The fourth-order valence-electron chi connectivity index (χ4n) is 3.29. The molecule has 0 radical (unpaired) electrons. The van der Waals surface area contributed by atoms with E-state index in [1.54, 1.807) is 20.9 Å². The predicted molar refractivity (Wildman–Crippen MR) is 91.5 cm³/mol. The zero-order valence-corrected chi connectivity index (χ0v) is 15.0. The van der Waals surface area contributed by atoms with Gasteiger partial charge in [-0.3, -0.25) is 4.79 Å². The Kier molecular flexibility index (Phi) is 4.47. The summed E-state index contributed by atoms with van der Waals surface area (Å²) in [5.41, 5.74) is 0.923. The van der Waals surface area contributed by atoms with E-state index in [0.717, 1.165) is 11.5 Å².